The molecule has 0 bridgehead atoms. The number of rotatable bonds is 10. The van der Waals surface area contributed by atoms with Gasteiger partial charge in [0, 0.05) is 0 Å². The van der Waals surface area contributed by atoms with Gasteiger partial charge in [0.25, 0.3) is 0 Å². The summed E-state index contributed by atoms with van der Waals surface area (Å²) in [7, 11) is -1.97. The normalized spacial score (nSPS) is 13.4. The van der Waals surface area contributed by atoms with Gasteiger partial charge in [-0.2, -0.15) is 0 Å². The summed E-state index contributed by atoms with van der Waals surface area (Å²) in [5.41, 5.74) is 0.640. The first kappa shape index (κ1) is 29.4. The number of amides is 2. The highest BCUT2D eigenvalue weighted by Gasteiger charge is 2.44. The molecule has 2 amide bonds. The second-order valence-electron chi connectivity index (χ2n) is 11.2. The third-order valence-corrected chi connectivity index (χ3v) is 11.0. The van der Waals surface area contributed by atoms with Gasteiger partial charge in [0.05, 0.1) is 36.2 Å². The van der Waals surface area contributed by atoms with E-state index in [0.717, 1.165) is 12.3 Å². The highest BCUT2D eigenvalue weighted by Crippen LogP contribution is 2.59. The van der Waals surface area contributed by atoms with E-state index in [9.17, 15) is 9.59 Å². The molecule has 2 atom stereocenters. The fourth-order valence-electron chi connectivity index (χ4n) is 4.74. The molecule has 0 aromatic heterocycles. The van der Waals surface area contributed by atoms with Crippen molar-refractivity contribution in [3.05, 3.63) is 96.6 Å². The zero-order valence-electron chi connectivity index (χ0n) is 23.5. The lowest BCUT2D eigenvalue weighted by Gasteiger charge is -2.31. The Labute approximate surface area is 228 Å². The molecule has 0 aliphatic rings. The van der Waals surface area contributed by atoms with E-state index in [0.29, 0.717) is 0 Å². The van der Waals surface area contributed by atoms with Crippen LogP contribution in [0.25, 0.3) is 0 Å². The van der Waals surface area contributed by atoms with Crippen molar-refractivity contribution in [3.8, 4) is 0 Å². The van der Waals surface area contributed by atoms with Gasteiger partial charge in [-0.15, -0.1) is 0 Å². The van der Waals surface area contributed by atoms with Crippen LogP contribution < -0.4 is 21.2 Å². The average Bonchev–Trinajstić information content (AvgIpc) is 2.87. The van der Waals surface area contributed by atoms with E-state index in [1.54, 1.807) is 0 Å². The Kier molecular flexibility index (Phi) is 10.1. The van der Waals surface area contributed by atoms with Gasteiger partial charge in [0.15, 0.2) is 0 Å². The summed E-state index contributed by atoms with van der Waals surface area (Å²) >= 11 is 0. The van der Waals surface area contributed by atoms with Gasteiger partial charge in [0.1, 0.15) is 11.6 Å². The Morgan fingerprint density at radius 3 is 1.68 bits per heavy atom. The minimum atomic E-state index is -1.97. The van der Waals surface area contributed by atoms with Crippen LogP contribution in [0.1, 0.15) is 47.1 Å². The zero-order chi connectivity index (χ0) is 27.8. The van der Waals surface area contributed by atoms with E-state index < -0.39 is 25.0 Å². The first-order valence-electron chi connectivity index (χ1n) is 13.3. The van der Waals surface area contributed by atoms with Gasteiger partial charge in [-0.25, -0.2) is 4.79 Å². The molecule has 5 nitrogen and oxygen atoms in total. The van der Waals surface area contributed by atoms with Crippen molar-refractivity contribution in [1.29, 1.82) is 0 Å². The Balaban J connectivity index is 1.92. The van der Waals surface area contributed by atoms with Crippen LogP contribution in [0.3, 0.4) is 0 Å². The van der Waals surface area contributed by atoms with Crippen molar-refractivity contribution < 1.29 is 14.3 Å². The van der Waals surface area contributed by atoms with Crippen molar-refractivity contribution in [2.45, 2.75) is 65.4 Å². The van der Waals surface area contributed by atoms with Crippen LogP contribution in [0, 0.1) is 5.92 Å². The standard InChI is InChI=1S/C32H41N2O3P/c1-24(2)29(34-31(36)37-32(4,5)6)30(35)33-25(3)22-38(27-18-12-8-13-19-27,28-20-14-9-15-21-28)23-26-16-10-7-11-17-26/h7-21,24-25,29H,22-23H2,1-6H3,(H-,33,34,35,36)/p+1/t25-,29?/m0/s1. The molecular formula is C32H42N2O3P+. The molecule has 2 N–H and O–H groups in total. The van der Waals surface area contributed by atoms with Gasteiger partial charge in [-0.1, -0.05) is 80.6 Å². The number of ether oxygens (including phenoxy) is 1. The smallest absolute Gasteiger partial charge is 0.408 e. The quantitative estimate of drug-likeness (QED) is 0.319. The molecule has 38 heavy (non-hydrogen) atoms. The topological polar surface area (TPSA) is 67.4 Å². The predicted molar refractivity (Wildman–Crippen MR) is 160 cm³/mol. The van der Waals surface area contributed by atoms with E-state index >= 15 is 0 Å². The van der Waals surface area contributed by atoms with Crippen LogP contribution in [0.15, 0.2) is 91.0 Å². The van der Waals surface area contributed by atoms with Gasteiger partial charge in [-0.05, 0) is 63.4 Å². The Hall–Kier alpha value is -3.17. The third-order valence-electron chi connectivity index (χ3n) is 6.39. The summed E-state index contributed by atoms with van der Waals surface area (Å²) in [5.74, 6) is -0.292. The number of hydrogen-bond acceptors (Lipinski definition) is 3. The van der Waals surface area contributed by atoms with Crippen molar-refractivity contribution in [3.63, 3.8) is 0 Å². The van der Waals surface area contributed by atoms with Crippen molar-refractivity contribution in [2.75, 3.05) is 6.16 Å². The SMILES string of the molecule is CC(C)C(NC(=O)OC(C)(C)C)C(=O)N[C@@H](C)C[P+](Cc1ccccc1)(c1ccccc1)c1ccccc1. The lowest BCUT2D eigenvalue weighted by atomic mass is 10.0. The highest BCUT2D eigenvalue weighted by atomic mass is 31.2. The number of alkyl carbamates (subject to hydrolysis) is 1. The van der Waals surface area contributed by atoms with Gasteiger partial charge >= 0.3 is 6.09 Å². The van der Waals surface area contributed by atoms with Crippen LogP contribution in [-0.2, 0) is 15.7 Å². The first-order valence-corrected chi connectivity index (χ1v) is 15.5. The lowest BCUT2D eigenvalue weighted by Crippen LogP contribution is -2.53. The first-order chi connectivity index (χ1) is 18.0. The van der Waals surface area contributed by atoms with Crippen molar-refractivity contribution >= 4 is 29.9 Å². The maximum Gasteiger partial charge on any atom is 0.408 e. The molecule has 0 aliphatic heterocycles. The molecule has 0 saturated heterocycles. The van der Waals surface area contributed by atoms with E-state index in [2.05, 4.69) is 90.4 Å². The molecule has 6 heteroatoms. The minimum absolute atomic E-state index is 0.0955. The largest absolute Gasteiger partial charge is 0.444 e. The number of benzene rings is 3. The van der Waals surface area contributed by atoms with Crippen LogP contribution >= 0.6 is 7.26 Å². The lowest BCUT2D eigenvalue weighted by molar-refractivity contribution is -0.124. The van der Waals surface area contributed by atoms with Crippen molar-refractivity contribution in [2.24, 2.45) is 5.92 Å². The number of nitrogens with one attached hydrogen (secondary N) is 2. The molecule has 3 rings (SSSR count). The summed E-state index contributed by atoms with van der Waals surface area (Å²) in [5, 5.41) is 8.63. The molecule has 202 valence electrons. The maximum absolute atomic E-state index is 13.4. The van der Waals surface area contributed by atoms with E-state index in [1.807, 2.05) is 52.8 Å². The number of carbonyl (C=O) groups is 2. The molecule has 0 fully saturated rings. The fraction of sp³-hybridized carbons (Fsp3) is 0.375. The minimum Gasteiger partial charge on any atom is -0.444 e. The summed E-state index contributed by atoms with van der Waals surface area (Å²) in [6.07, 6.45) is 1.10. The number of carbonyl (C=O) groups excluding carboxylic acids is 2. The molecule has 0 saturated carbocycles. The fourth-order valence-corrected chi connectivity index (χ4v) is 9.30. The van der Waals surface area contributed by atoms with Gasteiger partial charge in [0.2, 0.25) is 5.91 Å². The number of hydrogen-bond donors (Lipinski definition) is 2. The van der Waals surface area contributed by atoms with Gasteiger partial charge < -0.3 is 15.4 Å². The monoisotopic (exact) mass is 533 g/mol. The molecule has 3 aromatic carbocycles. The molecule has 0 aliphatic carbocycles. The maximum atomic E-state index is 13.4. The van der Waals surface area contributed by atoms with Crippen LogP contribution in [-0.4, -0.2) is 35.8 Å². The second kappa shape index (κ2) is 13.1. The summed E-state index contributed by atoms with van der Waals surface area (Å²) < 4.78 is 5.41. The van der Waals surface area contributed by atoms with E-state index in [4.69, 9.17) is 4.74 Å². The Morgan fingerprint density at radius 2 is 1.24 bits per heavy atom. The summed E-state index contributed by atoms with van der Waals surface area (Å²) in [4.78, 5) is 25.9. The molecule has 0 radical (unpaired) electrons. The average molecular weight is 534 g/mol. The van der Waals surface area contributed by atoms with Crippen LogP contribution in [0.2, 0.25) is 0 Å². The molecule has 0 heterocycles. The molecule has 0 spiro atoms. The van der Waals surface area contributed by atoms with Gasteiger partial charge in [-0.3, -0.25) is 4.79 Å². The molecule has 3 aromatic rings. The second-order valence-corrected chi connectivity index (χ2v) is 14.9. The van der Waals surface area contributed by atoms with Crippen molar-refractivity contribution in [1.82, 2.24) is 10.6 Å². The zero-order valence-corrected chi connectivity index (χ0v) is 24.4. The summed E-state index contributed by atoms with van der Waals surface area (Å²) in [6.45, 7) is 11.3. The predicted octanol–water partition coefficient (Wildman–Crippen LogP) is 5.91. The van der Waals surface area contributed by atoms with E-state index in [-0.39, 0.29) is 17.9 Å². The van der Waals surface area contributed by atoms with Crippen LogP contribution in [0.5, 0.6) is 0 Å². The summed E-state index contributed by atoms with van der Waals surface area (Å²) in [6, 6.07) is 31.1. The van der Waals surface area contributed by atoms with Crippen LogP contribution in [0.4, 0.5) is 4.79 Å². The Bertz CT molecular complexity index is 1120. The molecule has 1 unspecified atom stereocenters. The van der Waals surface area contributed by atoms with E-state index in [1.165, 1.54) is 16.2 Å². The Morgan fingerprint density at radius 1 is 0.763 bits per heavy atom. The third kappa shape index (κ3) is 8.16. The highest BCUT2D eigenvalue weighted by molar-refractivity contribution is 7.88. The molecular weight excluding hydrogens is 491 g/mol.